The molecule has 1 saturated heterocycles. The second-order valence-electron chi connectivity index (χ2n) is 3.72. The number of nitrogens with zero attached hydrogens (tertiary/aromatic N) is 1. The zero-order chi connectivity index (χ0) is 10.8. The van der Waals surface area contributed by atoms with Crippen molar-refractivity contribution in [2.24, 2.45) is 0 Å². The number of benzene rings is 1. The summed E-state index contributed by atoms with van der Waals surface area (Å²) in [5.74, 6) is 0. The summed E-state index contributed by atoms with van der Waals surface area (Å²) >= 11 is 0. The van der Waals surface area contributed by atoms with Crippen LogP contribution in [0.15, 0.2) is 18.2 Å². The molecule has 0 radical (unpaired) electrons. The number of nitrogen functional groups attached to an aromatic ring is 1. The highest BCUT2D eigenvalue weighted by atomic mass is 16.6. The highest BCUT2D eigenvalue weighted by Gasteiger charge is 2.19. The van der Waals surface area contributed by atoms with Gasteiger partial charge in [-0.2, -0.15) is 0 Å². The summed E-state index contributed by atoms with van der Waals surface area (Å²) in [6.45, 7) is 0.975. The summed E-state index contributed by atoms with van der Waals surface area (Å²) in [6.07, 6.45) is 2.14. The maximum atomic E-state index is 10.7. The fourth-order valence-electron chi connectivity index (χ4n) is 1.90. The maximum absolute atomic E-state index is 10.7. The number of nitrogens with one attached hydrogen (secondary N) is 1. The van der Waals surface area contributed by atoms with Crippen molar-refractivity contribution in [1.82, 2.24) is 5.32 Å². The van der Waals surface area contributed by atoms with Gasteiger partial charge in [0.25, 0.3) is 5.69 Å². The summed E-state index contributed by atoms with van der Waals surface area (Å²) in [5, 5.41) is 14.0. The van der Waals surface area contributed by atoms with Gasteiger partial charge < -0.3 is 11.1 Å². The molecule has 0 bridgehead atoms. The van der Waals surface area contributed by atoms with Crippen molar-refractivity contribution in [3.8, 4) is 0 Å². The van der Waals surface area contributed by atoms with Crippen LogP contribution in [0.2, 0.25) is 0 Å². The Morgan fingerprint density at radius 1 is 1.53 bits per heavy atom. The minimum Gasteiger partial charge on any atom is -0.393 e. The lowest BCUT2D eigenvalue weighted by atomic mass is 10.0. The molecule has 1 heterocycles. The Balaban J connectivity index is 2.33. The summed E-state index contributed by atoms with van der Waals surface area (Å²) in [6, 6.07) is 5.26. The number of nitro groups is 1. The molecule has 1 aliphatic heterocycles. The second-order valence-corrected chi connectivity index (χ2v) is 3.72. The molecule has 1 aliphatic rings. The van der Waals surface area contributed by atoms with Crippen LogP contribution in [0.4, 0.5) is 11.4 Å². The molecular weight excluding hydrogens is 194 g/mol. The van der Waals surface area contributed by atoms with Crippen LogP contribution in [-0.2, 0) is 0 Å². The molecule has 3 N–H and O–H groups in total. The van der Waals surface area contributed by atoms with E-state index in [1.165, 1.54) is 0 Å². The van der Waals surface area contributed by atoms with E-state index in [4.69, 9.17) is 5.73 Å². The Labute approximate surface area is 87.4 Å². The lowest BCUT2D eigenvalue weighted by molar-refractivity contribution is -0.384. The van der Waals surface area contributed by atoms with E-state index in [0.717, 1.165) is 24.9 Å². The van der Waals surface area contributed by atoms with Gasteiger partial charge in [0.15, 0.2) is 0 Å². The Morgan fingerprint density at radius 2 is 2.33 bits per heavy atom. The number of anilines is 1. The SMILES string of the molecule is Nc1ccc(C2CCCN2)cc1[N+](=O)[O-]. The summed E-state index contributed by atoms with van der Waals surface area (Å²) in [5.41, 5.74) is 6.70. The van der Waals surface area contributed by atoms with E-state index < -0.39 is 4.92 Å². The first-order chi connectivity index (χ1) is 7.18. The van der Waals surface area contributed by atoms with E-state index in [2.05, 4.69) is 5.32 Å². The molecule has 2 rings (SSSR count). The van der Waals surface area contributed by atoms with Gasteiger partial charge in [-0.3, -0.25) is 10.1 Å². The van der Waals surface area contributed by atoms with Crippen LogP contribution in [-0.4, -0.2) is 11.5 Å². The molecule has 0 amide bonds. The van der Waals surface area contributed by atoms with E-state index in [1.807, 2.05) is 6.07 Å². The number of hydrogen-bond acceptors (Lipinski definition) is 4. The second kappa shape index (κ2) is 3.86. The van der Waals surface area contributed by atoms with Crippen LogP contribution in [0.1, 0.15) is 24.4 Å². The van der Waals surface area contributed by atoms with Crippen LogP contribution in [0.25, 0.3) is 0 Å². The van der Waals surface area contributed by atoms with Crippen LogP contribution < -0.4 is 11.1 Å². The number of rotatable bonds is 2. The zero-order valence-corrected chi connectivity index (χ0v) is 8.27. The highest BCUT2D eigenvalue weighted by Crippen LogP contribution is 2.29. The Morgan fingerprint density at radius 3 is 2.93 bits per heavy atom. The van der Waals surface area contributed by atoms with Gasteiger partial charge in [-0.25, -0.2) is 0 Å². The van der Waals surface area contributed by atoms with E-state index >= 15 is 0 Å². The number of hydrogen-bond donors (Lipinski definition) is 2. The van der Waals surface area contributed by atoms with Gasteiger partial charge in [-0.15, -0.1) is 0 Å². The van der Waals surface area contributed by atoms with Gasteiger partial charge in [0, 0.05) is 12.1 Å². The largest absolute Gasteiger partial charge is 0.393 e. The third-order valence-electron chi connectivity index (χ3n) is 2.71. The van der Waals surface area contributed by atoms with E-state index in [9.17, 15) is 10.1 Å². The van der Waals surface area contributed by atoms with Crippen molar-refractivity contribution < 1.29 is 4.92 Å². The zero-order valence-electron chi connectivity index (χ0n) is 8.27. The summed E-state index contributed by atoms with van der Waals surface area (Å²) in [7, 11) is 0. The average Bonchev–Trinajstić information content (AvgIpc) is 2.71. The van der Waals surface area contributed by atoms with Crippen molar-refractivity contribution in [2.75, 3.05) is 12.3 Å². The highest BCUT2D eigenvalue weighted by molar-refractivity contribution is 5.59. The third-order valence-corrected chi connectivity index (χ3v) is 2.71. The van der Waals surface area contributed by atoms with Crippen molar-refractivity contribution in [1.29, 1.82) is 0 Å². The topological polar surface area (TPSA) is 81.2 Å². The molecule has 80 valence electrons. The fraction of sp³-hybridized carbons (Fsp3) is 0.400. The van der Waals surface area contributed by atoms with Crippen molar-refractivity contribution >= 4 is 11.4 Å². The van der Waals surface area contributed by atoms with E-state index in [-0.39, 0.29) is 17.4 Å². The van der Waals surface area contributed by atoms with Crippen LogP contribution in [0, 0.1) is 10.1 Å². The molecule has 5 heteroatoms. The molecule has 0 spiro atoms. The molecule has 0 aliphatic carbocycles. The minimum atomic E-state index is -0.437. The lowest BCUT2D eigenvalue weighted by Gasteiger charge is -2.10. The van der Waals surface area contributed by atoms with Crippen LogP contribution in [0.3, 0.4) is 0 Å². The van der Waals surface area contributed by atoms with Crippen LogP contribution in [0.5, 0.6) is 0 Å². The van der Waals surface area contributed by atoms with Gasteiger partial charge >= 0.3 is 0 Å². The quantitative estimate of drug-likeness (QED) is 0.438. The monoisotopic (exact) mass is 207 g/mol. The van der Waals surface area contributed by atoms with Gasteiger partial charge in [0.1, 0.15) is 5.69 Å². The molecule has 15 heavy (non-hydrogen) atoms. The minimum absolute atomic E-state index is 0.00111. The van der Waals surface area contributed by atoms with Crippen molar-refractivity contribution in [3.05, 3.63) is 33.9 Å². The third kappa shape index (κ3) is 1.92. The number of nitro benzene ring substituents is 1. The lowest BCUT2D eigenvalue weighted by Crippen LogP contribution is -2.13. The molecule has 1 aromatic rings. The molecule has 1 fully saturated rings. The average molecular weight is 207 g/mol. The molecule has 0 saturated carbocycles. The van der Waals surface area contributed by atoms with Crippen molar-refractivity contribution in [2.45, 2.75) is 18.9 Å². The van der Waals surface area contributed by atoms with E-state index in [0.29, 0.717) is 0 Å². The smallest absolute Gasteiger partial charge is 0.292 e. The normalized spacial score (nSPS) is 20.4. The molecule has 5 nitrogen and oxygen atoms in total. The Hall–Kier alpha value is -1.62. The predicted molar refractivity (Wildman–Crippen MR) is 57.5 cm³/mol. The standard InChI is InChI=1S/C10H13N3O2/c11-8-4-3-7(6-10(8)13(14)15)9-2-1-5-12-9/h3-4,6,9,12H,1-2,5,11H2. The summed E-state index contributed by atoms with van der Waals surface area (Å²) < 4.78 is 0. The van der Waals surface area contributed by atoms with E-state index in [1.54, 1.807) is 12.1 Å². The Bertz CT molecular complexity index is 386. The molecular formula is C10H13N3O2. The van der Waals surface area contributed by atoms with Gasteiger partial charge in [-0.1, -0.05) is 6.07 Å². The molecule has 0 aromatic heterocycles. The number of nitrogens with two attached hydrogens (primary N) is 1. The molecule has 1 atom stereocenters. The summed E-state index contributed by atoms with van der Waals surface area (Å²) in [4.78, 5) is 10.3. The van der Waals surface area contributed by atoms with Gasteiger partial charge in [0.2, 0.25) is 0 Å². The van der Waals surface area contributed by atoms with Crippen LogP contribution >= 0.6 is 0 Å². The first kappa shape index (κ1) is 9.92. The van der Waals surface area contributed by atoms with Crippen molar-refractivity contribution in [3.63, 3.8) is 0 Å². The molecule has 1 aromatic carbocycles. The van der Waals surface area contributed by atoms with Gasteiger partial charge in [-0.05, 0) is 31.0 Å². The Kier molecular flexibility index (Phi) is 2.55. The fourth-order valence-corrected chi connectivity index (χ4v) is 1.90. The molecule has 1 unspecified atom stereocenters. The first-order valence-corrected chi connectivity index (χ1v) is 4.95. The predicted octanol–water partition coefficient (Wildman–Crippen LogP) is 1.60. The van der Waals surface area contributed by atoms with Gasteiger partial charge in [0.05, 0.1) is 4.92 Å². The maximum Gasteiger partial charge on any atom is 0.292 e. The first-order valence-electron chi connectivity index (χ1n) is 4.95.